The Morgan fingerprint density at radius 3 is 2.90 bits per heavy atom. The van der Waals surface area contributed by atoms with Gasteiger partial charge in [0.15, 0.2) is 0 Å². The smallest absolute Gasteiger partial charge is 0.0112 e. The van der Waals surface area contributed by atoms with E-state index in [9.17, 15) is 0 Å². The molecule has 1 aliphatic rings. The van der Waals surface area contributed by atoms with Gasteiger partial charge in [-0.3, -0.25) is 0 Å². The van der Waals surface area contributed by atoms with Crippen LogP contribution < -0.4 is 0 Å². The lowest BCUT2D eigenvalue weighted by atomic mass is 10.00. The molecule has 3 heteroatoms. The predicted molar refractivity (Wildman–Crippen MR) is 90.0 cm³/mol. The van der Waals surface area contributed by atoms with Crippen LogP contribution in [0.4, 0.5) is 0 Å². The van der Waals surface area contributed by atoms with E-state index < -0.39 is 0 Å². The normalized spacial score (nSPS) is 19.2. The molecule has 3 rings (SSSR count). The van der Waals surface area contributed by atoms with E-state index in [2.05, 4.69) is 60.6 Å². The van der Waals surface area contributed by atoms with Gasteiger partial charge < -0.3 is 4.90 Å². The molecule has 0 fully saturated rings. The standard InChI is InChI=1S/C17H21NS2/c1-13(10-15-6-5-9-19-15)18(2)11-14-12-20-17-8-4-3-7-16(14)17/h3-9,13-14H,10-12H2,1-2H3. The van der Waals surface area contributed by atoms with Crippen molar-refractivity contribution in [2.45, 2.75) is 30.2 Å². The molecule has 1 aliphatic heterocycles. The fraction of sp³-hybridized carbons (Fsp3) is 0.412. The number of fused-ring (bicyclic) bond motifs is 1. The Hall–Kier alpha value is -0.770. The summed E-state index contributed by atoms with van der Waals surface area (Å²) >= 11 is 3.88. The number of nitrogens with zero attached hydrogens (tertiary/aromatic N) is 1. The molecule has 1 aromatic carbocycles. The molecule has 106 valence electrons. The Morgan fingerprint density at radius 1 is 1.25 bits per heavy atom. The second-order valence-electron chi connectivity index (χ2n) is 5.62. The van der Waals surface area contributed by atoms with Crippen LogP contribution in [0.1, 0.15) is 23.3 Å². The minimum Gasteiger partial charge on any atom is -0.303 e. The minimum absolute atomic E-state index is 0.603. The van der Waals surface area contributed by atoms with E-state index in [1.54, 1.807) is 5.56 Å². The van der Waals surface area contributed by atoms with Crippen LogP contribution in [-0.2, 0) is 6.42 Å². The molecule has 0 spiro atoms. The molecule has 0 bridgehead atoms. The number of hydrogen-bond acceptors (Lipinski definition) is 3. The number of hydrogen-bond donors (Lipinski definition) is 0. The molecule has 2 unspecified atom stereocenters. The lowest BCUT2D eigenvalue weighted by Gasteiger charge is -2.27. The van der Waals surface area contributed by atoms with Gasteiger partial charge in [0.25, 0.3) is 0 Å². The zero-order chi connectivity index (χ0) is 13.9. The first-order valence-corrected chi connectivity index (χ1v) is 9.05. The second kappa shape index (κ2) is 6.33. The Kier molecular flexibility index (Phi) is 4.49. The maximum Gasteiger partial charge on any atom is 0.0112 e. The first-order valence-electron chi connectivity index (χ1n) is 7.18. The maximum atomic E-state index is 2.52. The summed E-state index contributed by atoms with van der Waals surface area (Å²) in [6.45, 7) is 3.50. The molecule has 0 aliphatic carbocycles. The van der Waals surface area contributed by atoms with Gasteiger partial charge in [-0.1, -0.05) is 24.3 Å². The summed E-state index contributed by atoms with van der Waals surface area (Å²) in [5.74, 6) is 1.92. The van der Waals surface area contributed by atoms with Crippen molar-refractivity contribution in [3.8, 4) is 0 Å². The van der Waals surface area contributed by atoms with Crippen LogP contribution >= 0.6 is 23.1 Å². The number of thioether (sulfide) groups is 1. The van der Waals surface area contributed by atoms with Crippen molar-refractivity contribution >= 4 is 23.1 Å². The molecule has 0 N–H and O–H groups in total. The number of rotatable bonds is 5. The first kappa shape index (κ1) is 14.2. The molecule has 2 atom stereocenters. The van der Waals surface area contributed by atoms with Crippen LogP contribution in [0.2, 0.25) is 0 Å². The Balaban J connectivity index is 1.61. The lowest BCUT2D eigenvalue weighted by Crippen LogP contribution is -2.34. The fourth-order valence-corrected chi connectivity index (χ4v) is 4.85. The van der Waals surface area contributed by atoms with Crippen molar-refractivity contribution in [2.75, 3.05) is 19.3 Å². The van der Waals surface area contributed by atoms with Gasteiger partial charge in [-0.2, -0.15) is 0 Å². The van der Waals surface area contributed by atoms with E-state index in [1.807, 2.05) is 23.1 Å². The molecular formula is C17H21NS2. The highest BCUT2D eigenvalue weighted by Gasteiger charge is 2.25. The molecule has 0 radical (unpaired) electrons. The summed E-state index contributed by atoms with van der Waals surface area (Å²) in [5, 5.41) is 2.17. The number of thiophene rings is 1. The molecule has 1 nitrogen and oxygen atoms in total. The topological polar surface area (TPSA) is 3.24 Å². The van der Waals surface area contributed by atoms with Crippen molar-refractivity contribution in [3.05, 3.63) is 52.2 Å². The van der Waals surface area contributed by atoms with Gasteiger partial charge >= 0.3 is 0 Å². The van der Waals surface area contributed by atoms with Gasteiger partial charge in [0, 0.05) is 34.0 Å². The fourth-order valence-electron chi connectivity index (χ4n) is 2.78. The molecule has 0 amide bonds. The van der Waals surface area contributed by atoms with Crippen molar-refractivity contribution in [2.24, 2.45) is 0 Å². The Morgan fingerprint density at radius 2 is 2.10 bits per heavy atom. The van der Waals surface area contributed by atoms with Crippen molar-refractivity contribution < 1.29 is 0 Å². The lowest BCUT2D eigenvalue weighted by molar-refractivity contribution is 0.246. The van der Waals surface area contributed by atoms with Gasteiger partial charge in [0.1, 0.15) is 0 Å². The monoisotopic (exact) mass is 303 g/mol. The summed E-state index contributed by atoms with van der Waals surface area (Å²) < 4.78 is 0. The van der Waals surface area contributed by atoms with E-state index >= 15 is 0 Å². The summed E-state index contributed by atoms with van der Waals surface area (Å²) in [6, 6.07) is 13.9. The maximum absolute atomic E-state index is 2.52. The van der Waals surface area contributed by atoms with Crippen molar-refractivity contribution in [1.82, 2.24) is 4.90 Å². The van der Waals surface area contributed by atoms with E-state index in [4.69, 9.17) is 0 Å². The van der Waals surface area contributed by atoms with Gasteiger partial charge in [0.05, 0.1) is 0 Å². The largest absolute Gasteiger partial charge is 0.303 e. The van der Waals surface area contributed by atoms with Gasteiger partial charge in [0.2, 0.25) is 0 Å². The van der Waals surface area contributed by atoms with E-state index in [1.165, 1.54) is 15.5 Å². The third-order valence-corrected chi connectivity index (χ3v) is 6.29. The summed E-state index contributed by atoms with van der Waals surface area (Å²) in [4.78, 5) is 5.50. The molecule has 2 aromatic rings. The Labute approximate surface area is 130 Å². The van der Waals surface area contributed by atoms with Gasteiger partial charge in [-0.15, -0.1) is 23.1 Å². The molecular weight excluding hydrogens is 282 g/mol. The molecule has 20 heavy (non-hydrogen) atoms. The zero-order valence-corrected chi connectivity index (χ0v) is 13.7. The van der Waals surface area contributed by atoms with Crippen LogP contribution in [0, 0.1) is 0 Å². The Bertz CT molecular complexity index is 550. The highest BCUT2D eigenvalue weighted by molar-refractivity contribution is 7.99. The van der Waals surface area contributed by atoms with E-state index in [0.717, 1.165) is 13.0 Å². The SMILES string of the molecule is CC(Cc1cccs1)N(C)CC1CSc2ccccc21. The van der Waals surface area contributed by atoms with Gasteiger partial charge in [-0.25, -0.2) is 0 Å². The van der Waals surface area contributed by atoms with Crippen LogP contribution in [-0.4, -0.2) is 30.3 Å². The van der Waals surface area contributed by atoms with Crippen LogP contribution in [0.25, 0.3) is 0 Å². The van der Waals surface area contributed by atoms with E-state index in [-0.39, 0.29) is 0 Å². The van der Waals surface area contributed by atoms with Crippen LogP contribution in [0.5, 0.6) is 0 Å². The molecule has 1 aromatic heterocycles. The third kappa shape index (κ3) is 3.11. The quantitative estimate of drug-likeness (QED) is 0.800. The van der Waals surface area contributed by atoms with Gasteiger partial charge in [-0.05, 0) is 43.5 Å². The summed E-state index contributed by atoms with van der Waals surface area (Å²) in [7, 11) is 2.27. The van der Waals surface area contributed by atoms with Crippen LogP contribution in [0.15, 0.2) is 46.7 Å². The number of likely N-dealkylation sites (N-methyl/N-ethyl adjacent to an activating group) is 1. The van der Waals surface area contributed by atoms with Crippen LogP contribution in [0.3, 0.4) is 0 Å². The molecule has 2 heterocycles. The number of benzene rings is 1. The van der Waals surface area contributed by atoms with E-state index in [0.29, 0.717) is 12.0 Å². The summed E-state index contributed by atoms with van der Waals surface area (Å²) in [6.07, 6.45) is 1.16. The highest BCUT2D eigenvalue weighted by atomic mass is 32.2. The highest BCUT2D eigenvalue weighted by Crippen LogP contribution is 2.39. The summed E-state index contributed by atoms with van der Waals surface area (Å²) in [5.41, 5.74) is 1.55. The zero-order valence-electron chi connectivity index (χ0n) is 12.1. The van der Waals surface area contributed by atoms with Crippen molar-refractivity contribution in [1.29, 1.82) is 0 Å². The third-order valence-electron chi connectivity index (χ3n) is 4.14. The average Bonchev–Trinajstić information content (AvgIpc) is 3.09. The average molecular weight is 303 g/mol. The second-order valence-corrected chi connectivity index (χ2v) is 7.71. The predicted octanol–water partition coefficient (Wildman–Crippen LogP) is 4.50. The molecule has 0 saturated heterocycles. The molecule has 0 saturated carbocycles. The minimum atomic E-state index is 0.603. The first-order chi connectivity index (χ1) is 9.74. The van der Waals surface area contributed by atoms with Crippen molar-refractivity contribution in [3.63, 3.8) is 0 Å².